The Morgan fingerprint density at radius 2 is 1.66 bits per heavy atom. The molecule has 3 rings (SSSR count). The van der Waals surface area contributed by atoms with Gasteiger partial charge in [-0.1, -0.05) is 12.1 Å². The molecule has 2 aromatic rings. The van der Waals surface area contributed by atoms with E-state index >= 15 is 0 Å². The van der Waals surface area contributed by atoms with E-state index in [1.54, 1.807) is 26.0 Å². The number of benzene rings is 2. The first kappa shape index (κ1) is 30.6. The highest BCUT2D eigenvalue weighted by atomic mass is 35.5. The predicted molar refractivity (Wildman–Crippen MR) is 141 cm³/mol. The Labute approximate surface area is 217 Å². The summed E-state index contributed by atoms with van der Waals surface area (Å²) in [6.45, 7) is 4.40. The number of anilines is 1. The van der Waals surface area contributed by atoms with Gasteiger partial charge in [0.05, 0.1) is 25.2 Å². The summed E-state index contributed by atoms with van der Waals surface area (Å²) in [4.78, 5) is 30.2. The van der Waals surface area contributed by atoms with Gasteiger partial charge in [0.25, 0.3) is 5.91 Å². The molecule has 0 bridgehead atoms. The summed E-state index contributed by atoms with van der Waals surface area (Å²) in [5.74, 6) is 0.681. The minimum atomic E-state index is -0.962. The molecule has 0 aliphatic carbocycles. The number of methoxy groups -OCH3 is 2. The molecule has 1 N–H and O–H groups in total. The number of amides is 1. The van der Waals surface area contributed by atoms with Crippen molar-refractivity contribution in [2.75, 3.05) is 52.9 Å². The van der Waals surface area contributed by atoms with Gasteiger partial charge in [-0.2, -0.15) is 0 Å². The molecule has 0 saturated carbocycles. The third-order valence-corrected chi connectivity index (χ3v) is 6.36. The van der Waals surface area contributed by atoms with Crippen molar-refractivity contribution in [2.24, 2.45) is 0 Å². The van der Waals surface area contributed by atoms with Crippen molar-refractivity contribution >= 4 is 41.7 Å². The summed E-state index contributed by atoms with van der Waals surface area (Å²) < 4.78 is 16.3. The highest BCUT2D eigenvalue weighted by molar-refractivity contribution is 7.99. The van der Waals surface area contributed by atoms with Crippen LogP contribution in [0.3, 0.4) is 0 Å². The third-order valence-electron chi connectivity index (χ3n) is 5.00. The van der Waals surface area contributed by atoms with E-state index in [-0.39, 0.29) is 24.9 Å². The van der Waals surface area contributed by atoms with Crippen LogP contribution in [0, 0.1) is 0 Å². The van der Waals surface area contributed by atoms with Crippen LogP contribution in [-0.4, -0.2) is 76.0 Å². The quantitative estimate of drug-likeness (QED) is 0.545. The summed E-state index contributed by atoms with van der Waals surface area (Å²) in [5, 5.41) is 7.15. The molecule has 1 aliphatic heterocycles. The number of carbonyl (C=O) groups excluding carboxylic acids is 2. The van der Waals surface area contributed by atoms with E-state index in [0.29, 0.717) is 24.6 Å². The molecular weight excluding hydrogens is 492 g/mol. The molecule has 10 heteroatoms. The number of likely N-dealkylation sites (N-methyl/N-ethyl adjacent to an activating group) is 1. The van der Waals surface area contributed by atoms with Crippen LogP contribution in [-0.2, 0) is 14.3 Å². The predicted octanol–water partition coefficient (Wildman–Crippen LogP) is 3.80. The lowest BCUT2D eigenvalue weighted by atomic mass is 10.1. The summed E-state index contributed by atoms with van der Waals surface area (Å²) >= 11 is 1.49. The summed E-state index contributed by atoms with van der Waals surface area (Å²) in [7, 11) is 7.12. The second kappa shape index (κ2) is 14.8. The SMILES string of the molecule is CCO.COc1ccc(C2Sc3cc(OC)ccc3N(CCN(C)C)C(=O)C2OC(C)=O)cc1.Cl. The van der Waals surface area contributed by atoms with Gasteiger partial charge >= 0.3 is 5.97 Å². The third kappa shape index (κ3) is 8.31. The molecule has 2 unspecified atom stereocenters. The van der Waals surface area contributed by atoms with E-state index in [1.807, 2.05) is 61.5 Å². The van der Waals surface area contributed by atoms with Gasteiger partial charge in [0, 0.05) is 31.5 Å². The van der Waals surface area contributed by atoms with E-state index in [0.717, 1.165) is 16.1 Å². The Bertz CT molecular complexity index is 957. The van der Waals surface area contributed by atoms with Crippen LogP contribution >= 0.6 is 24.2 Å². The zero-order valence-electron chi connectivity index (χ0n) is 21.0. The number of hydrogen-bond donors (Lipinski definition) is 1. The monoisotopic (exact) mass is 526 g/mol. The number of carbonyl (C=O) groups is 2. The van der Waals surface area contributed by atoms with Crippen molar-refractivity contribution in [3.05, 3.63) is 48.0 Å². The van der Waals surface area contributed by atoms with Gasteiger partial charge in [-0.3, -0.25) is 9.59 Å². The Kier molecular flexibility index (Phi) is 13.0. The van der Waals surface area contributed by atoms with Crippen molar-refractivity contribution in [3.8, 4) is 11.5 Å². The number of esters is 1. The summed E-state index contributed by atoms with van der Waals surface area (Å²) in [5.41, 5.74) is 1.65. The minimum absolute atomic E-state index is 0. The van der Waals surface area contributed by atoms with Crippen molar-refractivity contribution in [3.63, 3.8) is 0 Å². The van der Waals surface area contributed by atoms with Crippen LogP contribution in [0.4, 0.5) is 5.69 Å². The fraction of sp³-hybridized carbons (Fsp3) is 0.440. The van der Waals surface area contributed by atoms with E-state index < -0.39 is 17.3 Å². The van der Waals surface area contributed by atoms with Gasteiger partial charge in [-0.25, -0.2) is 0 Å². The molecule has 35 heavy (non-hydrogen) atoms. The van der Waals surface area contributed by atoms with Crippen LogP contribution in [0.15, 0.2) is 47.4 Å². The van der Waals surface area contributed by atoms with E-state index in [2.05, 4.69) is 0 Å². The average Bonchev–Trinajstić information content (AvgIpc) is 2.92. The molecule has 1 heterocycles. The van der Waals surface area contributed by atoms with Gasteiger partial charge in [-0.05, 0) is 56.9 Å². The number of ether oxygens (including phenoxy) is 3. The van der Waals surface area contributed by atoms with Crippen molar-refractivity contribution < 1.29 is 28.9 Å². The number of nitrogens with zero attached hydrogens (tertiary/aromatic N) is 2. The second-order valence-corrected chi connectivity index (χ2v) is 8.97. The maximum atomic E-state index is 13.7. The average molecular weight is 527 g/mol. The molecule has 0 fully saturated rings. The first-order chi connectivity index (χ1) is 16.2. The highest BCUT2D eigenvalue weighted by Crippen LogP contribution is 2.48. The molecule has 0 radical (unpaired) electrons. The number of rotatable bonds is 7. The highest BCUT2D eigenvalue weighted by Gasteiger charge is 2.41. The van der Waals surface area contributed by atoms with Crippen LogP contribution in [0.2, 0.25) is 0 Å². The van der Waals surface area contributed by atoms with Gasteiger partial charge in [0.15, 0.2) is 6.10 Å². The molecule has 2 atom stereocenters. The molecule has 0 saturated heterocycles. The fourth-order valence-electron chi connectivity index (χ4n) is 3.40. The second-order valence-electron chi connectivity index (χ2n) is 7.78. The maximum absolute atomic E-state index is 13.7. The number of aliphatic hydroxyl groups excluding tert-OH is 1. The number of thioether (sulfide) groups is 1. The van der Waals surface area contributed by atoms with Crippen LogP contribution in [0.5, 0.6) is 11.5 Å². The normalized spacial score (nSPS) is 16.8. The standard InChI is InChI=1S/C23H28N2O5S.C2H6O.ClH/c1-15(26)30-21-22(16-6-8-17(28-4)9-7-16)31-20-14-18(29-5)10-11-19(20)25(23(21)27)13-12-24(2)3;1-2-3;/h6-11,14,21-22H,12-13H2,1-5H3;3H,2H2,1H3;1H. The van der Waals surface area contributed by atoms with Crippen molar-refractivity contribution in [1.29, 1.82) is 0 Å². The Morgan fingerprint density at radius 3 is 2.17 bits per heavy atom. The van der Waals surface area contributed by atoms with E-state index in [9.17, 15) is 9.59 Å². The lowest BCUT2D eigenvalue weighted by molar-refractivity contribution is -0.152. The first-order valence-electron chi connectivity index (χ1n) is 11.0. The molecule has 0 spiro atoms. The van der Waals surface area contributed by atoms with Crippen LogP contribution in [0.1, 0.15) is 24.7 Å². The zero-order valence-corrected chi connectivity index (χ0v) is 22.6. The maximum Gasteiger partial charge on any atom is 0.303 e. The number of hydrogen-bond acceptors (Lipinski definition) is 8. The summed E-state index contributed by atoms with van der Waals surface area (Å²) in [6, 6.07) is 13.1. The number of halogens is 1. The summed E-state index contributed by atoms with van der Waals surface area (Å²) in [6.07, 6.45) is -0.962. The molecule has 1 aliphatic rings. The first-order valence-corrected chi connectivity index (χ1v) is 11.9. The van der Waals surface area contributed by atoms with Crippen LogP contribution in [0.25, 0.3) is 0 Å². The Morgan fingerprint density at radius 1 is 1.09 bits per heavy atom. The Hall–Kier alpha value is -2.46. The smallest absolute Gasteiger partial charge is 0.303 e. The zero-order chi connectivity index (χ0) is 25.3. The van der Waals surface area contributed by atoms with Gasteiger partial charge in [0.2, 0.25) is 0 Å². The molecule has 194 valence electrons. The molecule has 1 amide bonds. The lowest BCUT2D eigenvalue weighted by Gasteiger charge is -2.28. The molecule has 2 aromatic carbocycles. The number of fused-ring (bicyclic) bond motifs is 1. The largest absolute Gasteiger partial charge is 0.497 e. The number of aliphatic hydroxyl groups is 1. The van der Waals surface area contributed by atoms with Gasteiger partial charge < -0.3 is 29.1 Å². The van der Waals surface area contributed by atoms with E-state index in [4.69, 9.17) is 19.3 Å². The van der Waals surface area contributed by atoms with Crippen LogP contribution < -0.4 is 14.4 Å². The topological polar surface area (TPSA) is 88.5 Å². The minimum Gasteiger partial charge on any atom is -0.497 e. The Balaban J connectivity index is 0.00000145. The van der Waals surface area contributed by atoms with Crippen molar-refractivity contribution in [1.82, 2.24) is 4.90 Å². The molecule has 0 aromatic heterocycles. The lowest BCUT2D eigenvalue weighted by Crippen LogP contribution is -2.45. The van der Waals surface area contributed by atoms with Crippen molar-refractivity contribution in [2.45, 2.75) is 30.1 Å². The van der Waals surface area contributed by atoms with Gasteiger partial charge in [-0.15, -0.1) is 24.2 Å². The van der Waals surface area contributed by atoms with E-state index in [1.165, 1.54) is 18.7 Å². The van der Waals surface area contributed by atoms with Gasteiger partial charge in [0.1, 0.15) is 11.5 Å². The molecular formula is C25H35ClN2O6S. The molecule has 8 nitrogen and oxygen atoms in total. The fourth-order valence-corrected chi connectivity index (χ4v) is 4.74.